The molecule has 31 heavy (non-hydrogen) atoms. The molecule has 5 N–H and O–H groups in total. The quantitative estimate of drug-likeness (QED) is 0.106. The van der Waals surface area contributed by atoms with Crippen LogP contribution in [0.15, 0.2) is 0 Å². The lowest BCUT2D eigenvalue weighted by Gasteiger charge is -2.26. The third-order valence-electron chi connectivity index (χ3n) is 5.69. The molecule has 3 amide bonds. The highest BCUT2D eigenvalue weighted by Gasteiger charge is 2.27. The van der Waals surface area contributed by atoms with E-state index in [0.717, 1.165) is 37.1 Å². The Morgan fingerprint density at radius 3 is 1.65 bits per heavy atom. The molecule has 0 heterocycles. The molecule has 1 unspecified atom stereocenters. The summed E-state index contributed by atoms with van der Waals surface area (Å²) in [5.74, 6) is 4.70. The Balaban J connectivity index is 3.93. The Hall–Kier alpha value is -1.63. The molecule has 0 bridgehead atoms. The van der Waals surface area contributed by atoms with Gasteiger partial charge in [-0.3, -0.25) is 19.4 Å². The minimum Gasteiger partial charge on any atom is -0.368 e. The maximum atomic E-state index is 12.4. The van der Waals surface area contributed by atoms with Crippen molar-refractivity contribution < 1.29 is 14.4 Å². The Labute approximate surface area is 190 Å². The fourth-order valence-electron chi connectivity index (χ4n) is 3.68. The SMILES string of the molecule is CCCCCCCCCCCCCCCC(=O)N(N)C(CCCC)C(=O)NCC(N)=O. The molecule has 1 atom stereocenters. The lowest BCUT2D eigenvalue weighted by Crippen LogP contribution is -2.54. The van der Waals surface area contributed by atoms with Crippen LogP contribution in [0.3, 0.4) is 0 Å². The average Bonchev–Trinajstić information content (AvgIpc) is 2.75. The number of hydrogen-bond acceptors (Lipinski definition) is 4. The molecule has 0 saturated heterocycles. The van der Waals surface area contributed by atoms with Gasteiger partial charge in [-0.1, -0.05) is 104 Å². The summed E-state index contributed by atoms with van der Waals surface area (Å²) in [4.78, 5) is 35.6. The van der Waals surface area contributed by atoms with Crippen molar-refractivity contribution in [1.29, 1.82) is 0 Å². The van der Waals surface area contributed by atoms with Crippen LogP contribution >= 0.6 is 0 Å². The molecule has 0 spiro atoms. The van der Waals surface area contributed by atoms with E-state index in [1.54, 1.807) is 0 Å². The normalized spacial score (nSPS) is 11.8. The smallest absolute Gasteiger partial charge is 0.244 e. The summed E-state index contributed by atoms with van der Waals surface area (Å²) in [6.45, 7) is 4.01. The van der Waals surface area contributed by atoms with Crippen LogP contribution in [0.5, 0.6) is 0 Å². The largest absolute Gasteiger partial charge is 0.368 e. The molecule has 182 valence electrons. The summed E-state index contributed by atoms with van der Waals surface area (Å²) >= 11 is 0. The van der Waals surface area contributed by atoms with Crippen molar-refractivity contribution in [3.05, 3.63) is 0 Å². The summed E-state index contributed by atoms with van der Waals surface area (Å²) in [5.41, 5.74) is 5.07. The fraction of sp³-hybridized carbons (Fsp3) is 0.875. The molecule has 0 aliphatic rings. The second-order valence-electron chi connectivity index (χ2n) is 8.64. The number of nitrogens with one attached hydrogen (secondary N) is 1. The summed E-state index contributed by atoms with van der Waals surface area (Å²) in [6, 6.07) is -0.756. The van der Waals surface area contributed by atoms with E-state index < -0.39 is 17.9 Å². The van der Waals surface area contributed by atoms with E-state index in [4.69, 9.17) is 11.6 Å². The van der Waals surface area contributed by atoms with E-state index in [0.29, 0.717) is 12.8 Å². The first-order chi connectivity index (χ1) is 14.9. The Bertz CT molecular complexity index is 485. The predicted octanol–water partition coefficient (Wildman–Crippen LogP) is 4.33. The molecule has 0 aliphatic heterocycles. The molecule has 0 aliphatic carbocycles. The Morgan fingerprint density at radius 1 is 0.742 bits per heavy atom. The van der Waals surface area contributed by atoms with Gasteiger partial charge in [0.2, 0.25) is 17.7 Å². The van der Waals surface area contributed by atoms with Crippen LogP contribution in [0, 0.1) is 0 Å². The fourth-order valence-corrected chi connectivity index (χ4v) is 3.68. The average molecular weight is 441 g/mol. The van der Waals surface area contributed by atoms with Crippen molar-refractivity contribution in [2.24, 2.45) is 11.6 Å². The number of amides is 3. The zero-order valence-electron chi connectivity index (χ0n) is 20.1. The number of hydrazine groups is 1. The zero-order chi connectivity index (χ0) is 23.3. The van der Waals surface area contributed by atoms with Crippen LogP contribution in [-0.2, 0) is 14.4 Å². The van der Waals surface area contributed by atoms with E-state index in [9.17, 15) is 14.4 Å². The maximum Gasteiger partial charge on any atom is 0.244 e. The number of hydrogen-bond donors (Lipinski definition) is 3. The molecule has 0 fully saturated rings. The van der Waals surface area contributed by atoms with Crippen LogP contribution in [0.4, 0.5) is 0 Å². The highest BCUT2D eigenvalue weighted by molar-refractivity contribution is 5.89. The highest BCUT2D eigenvalue weighted by Crippen LogP contribution is 2.14. The van der Waals surface area contributed by atoms with E-state index in [1.165, 1.54) is 64.2 Å². The topological polar surface area (TPSA) is 119 Å². The van der Waals surface area contributed by atoms with E-state index in [-0.39, 0.29) is 12.5 Å². The number of carbonyl (C=O) groups is 3. The van der Waals surface area contributed by atoms with Crippen LogP contribution in [0.25, 0.3) is 0 Å². The Morgan fingerprint density at radius 2 is 1.19 bits per heavy atom. The van der Waals surface area contributed by atoms with Crippen molar-refractivity contribution >= 4 is 17.7 Å². The number of nitrogens with two attached hydrogens (primary N) is 2. The number of unbranched alkanes of at least 4 members (excludes halogenated alkanes) is 13. The monoisotopic (exact) mass is 440 g/mol. The first kappa shape index (κ1) is 29.4. The van der Waals surface area contributed by atoms with Crippen LogP contribution in [0.2, 0.25) is 0 Å². The number of rotatable bonds is 21. The van der Waals surface area contributed by atoms with Gasteiger partial charge < -0.3 is 11.1 Å². The van der Waals surface area contributed by atoms with Crippen LogP contribution in [-0.4, -0.2) is 35.3 Å². The predicted molar refractivity (Wildman–Crippen MR) is 127 cm³/mol. The standard InChI is InChI=1S/C24H48N4O3/c1-3-5-7-8-9-10-11-12-13-14-15-16-17-19-23(30)28(26)21(18-6-4-2)24(31)27-20-22(25)29/h21H,3-20,26H2,1-2H3,(H2,25,29)(H,27,31). The second kappa shape index (κ2) is 20.3. The van der Waals surface area contributed by atoms with Gasteiger partial charge in [0.1, 0.15) is 6.04 Å². The van der Waals surface area contributed by atoms with Gasteiger partial charge in [0, 0.05) is 6.42 Å². The van der Waals surface area contributed by atoms with Crippen LogP contribution < -0.4 is 16.9 Å². The first-order valence-electron chi connectivity index (χ1n) is 12.6. The van der Waals surface area contributed by atoms with Gasteiger partial charge in [-0.25, -0.2) is 5.84 Å². The lowest BCUT2D eigenvalue weighted by molar-refractivity contribution is -0.141. The van der Waals surface area contributed by atoms with E-state index >= 15 is 0 Å². The Kier molecular flexibility index (Phi) is 19.2. The molecule has 0 radical (unpaired) electrons. The molecule has 0 rings (SSSR count). The molecular weight excluding hydrogens is 392 g/mol. The zero-order valence-corrected chi connectivity index (χ0v) is 20.1. The van der Waals surface area contributed by atoms with Gasteiger partial charge in [0.05, 0.1) is 6.54 Å². The van der Waals surface area contributed by atoms with Crippen LogP contribution in [0.1, 0.15) is 123 Å². The molecule has 0 aromatic rings. The van der Waals surface area contributed by atoms with Crippen molar-refractivity contribution in [3.63, 3.8) is 0 Å². The summed E-state index contributed by atoms with van der Waals surface area (Å²) in [6.07, 6.45) is 18.7. The van der Waals surface area contributed by atoms with Crippen molar-refractivity contribution in [3.8, 4) is 0 Å². The minimum absolute atomic E-state index is 0.224. The molecule has 7 heteroatoms. The van der Waals surface area contributed by atoms with Gasteiger partial charge >= 0.3 is 0 Å². The van der Waals surface area contributed by atoms with E-state index in [2.05, 4.69) is 12.2 Å². The molecule has 0 aromatic carbocycles. The van der Waals surface area contributed by atoms with Crippen molar-refractivity contribution in [2.75, 3.05) is 6.54 Å². The number of primary amides is 1. The number of nitrogens with zero attached hydrogens (tertiary/aromatic N) is 1. The van der Waals surface area contributed by atoms with Gasteiger partial charge in [-0.05, 0) is 12.8 Å². The molecule has 0 saturated carbocycles. The third-order valence-corrected chi connectivity index (χ3v) is 5.69. The summed E-state index contributed by atoms with van der Waals surface area (Å²) < 4.78 is 0. The van der Waals surface area contributed by atoms with Gasteiger partial charge in [0.15, 0.2) is 0 Å². The van der Waals surface area contributed by atoms with Gasteiger partial charge in [-0.2, -0.15) is 0 Å². The minimum atomic E-state index is -0.756. The van der Waals surface area contributed by atoms with Gasteiger partial charge in [0.25, 0.3) is 0 Å². The maximum absolute atomic E-state index is 12.4. The van der Waals surface area contributed by atoms with Gasteiger partial charge in [-0.15, -0.1) is 0 Å². The summed E-state index contributed by atoms with van der Waals surface area (Å²) in [7, 11) is 0. The highest BCUT2D eigenvalue weighted by atomic mass is 16.2. The second-order valence-corrected chi connectivity index (χ2v) is 8.64. The first-order valence-corrected chi connectivity index (χ1v) is 12.6. The molecular formula is C24H48N4O3. The lowest BCUT2D eigenvalue weighted by atomic mass is 10.0. The number of carbonyl (C=O) groups excluding carboxylic acids is 3. The van der Waals surface area contributed by atoms with Crippen molar-refractivity contribution in [1.82, 2.24) is 10.3 Å². The molecule has 0 aromatic heterocycles. The van der Waals surface area contributed by atoms with Crippen molar-refractivity contribution in [2.45, 2.75) is 129 Å². The summed E-state index contributed by atoms with van der Waals surface area (Å²) in [5, 5.41) is 3.51. The van der Waals surface area contributed by atoms with E-state index in [1.807, 2.05) is 6.92 Å². The molecule has 7 nitrogen and oxygen atoms in total. The third kappa shape index (κ3) is 16.7.